The first-order chi connectivity index (χ1) is 9.47. The minimum absolute atomic E-state index is 0.0663. The molecule has 0 amide bonds. The number of nitrogens with zero attached hydrogens (tertiary/aromatic N) is 2. The number of nitro groups is 1. The normalized spacial score (nSPS) is 10.3. The highest BCUT2D eigenvalue weighted by molar-refractivity contribution is 5.45. The van der Waals surface area contributed by atoms with E-state index >= 15 is 0 Å². The van der Waals surface area contributed by atoms with E-state index in [0.29, 0.717) is 11.4 Å². The molecule has 0 aliphatic carbocycles. The maximum atomic E-state index is 13.0. The topological polar surface area (TPSA) is 68.1 Å². The number of hydrogen-bond donors (Lipinski definition) is 1. The summed E-state index contributed by atoms with van der Waals surface area (Å²) in [6.07, 6.45) is 0. The predicted octanol–water partition coefficient (Wildman–Crippen LogP) is 3.19. The monoisotopic (exact) mass is 279 g/mol. The van der Waals surface area contributed by atoms with Gasteiger partial charge in [-0.15, -0.1) is 0 Å². The molecule has 0 radical (unpaired) electrons. The first-order valence-electron chi connectivity index (χ1n) is 5.77. The lowest BCUT2D eigenvalue weighted by molar-refractivity contribution is -0.385. The molecule has 5 nitrogen and oxygen atoms in total. The Balaban J connectivity index is 2.09. The van der Waals surface area contributed by atoms with Crippen molar-refractivity contribution in [3.8, 4) is 0 Å². The largest absolute Gasteiger partial charge is 0.366 e. The molecule has 0 fully saturated rings. The van der Waals surface area contributed by atoms with Crippen LogP contribution >= 0.6 is 0 Å². The summed E-state index contributed by atoms with van der Waals surface area (Å²) in [5.74, 6) is -1.40. The number of pyridine rings is 1. The van der Waals surface area contributed by atoms with Crippen molar-refractivity contribution in [1.82, 2.24) is 4.98 Å². The van der Waals surface area contributed by atoms with Gasteiger partial charge in [0.1, 0.15) is 11.5 Å². The Morgan fingerprint density at radius 3 is 2.60 bits per heavy atom. The summed E-state index contributed by atoms with van der Waals surface area (Å²) in [6, 6.07) is 6.38. The lowest BCUT2D eigenvalue weighted by Gasteiger charge is -2.07. The summed E-state index contributed by atoms with van der Waals surface area (Å²) in [7, 11) is 0. The number of rotatable bonds is 4. The highest BCUT2D eigenvalue weighted by Gasteiger charge is 2.11. The van der Waals surface area contributed by atoms with E-state index in [1.165, 1.54) is 25.1 Å². The Morgan fingerprint density at radius 2 is 2.00 bits per heavy atom. The fourth-order valence-corrected chi connectivity index (χ4v) is 1.69. The zero-order chi connectivity index (χ0) is 14.7. The Kier molecular flexibility index (Phi) is 3.88. The van der Waals surface area contributed by atoms with Crippen LogP contribution in [-0.4, -0.2) is 9.91 Å². The first-order valence-corrected chi connectivity index (χ1v) is 5.77. The summed E-state index contributed by atoms with van der Waals surface area (Å²) < 4.78 is 25.8. The van der Waals surface area contributed by atoms with Crippen molar-refractivity contribution in [2.24, 2.45) is 0 Å². The third kappa shape index (κ3) is 3.05. The molecule has 0 aliphatic rings. The maximum absolute atomic E-state index is 13.0. The van der Waals surface area contributed by atoms with E-state index in [4.69, 9.17) is 0 Å². The smallest absolute Gasteiger partial charge is 0.290 e. The van der Waals surface area contributed by atoms with Gasteiger partial charge in [-0.1, -0.05) is 6.07 Å². The van der Waals surface area contributed by atoms with E-state index < -0.39 is 16.6 Å². The van der Waals surface area contributed by atoms with Gasteiger partial charge in [0.05, 0.1) is 4.92 Å². The SMILES string of the molecule is Cc1nc(NCc2ccc(F)c(F)c2)ccc1[N+](=O)[O-]. The molecule has 1 aromatic heterocycles. The van der Waals surface area contributed by atoms with Crippen LogP contribution in [0.15, 0.2) is 30.3 Å². The molecule has 0 aliphatic heterocycles. The summed E-state index contributed by atoms with van der Waals surface area (Å²) in [4.78, 5) is 14.2. The zero-order valence-electron chi connectivity index (χ0n) is 10.6. The van der Waals surface area contributed by atoms with Crippen LogP contribution in [0.2, 0.25) is 0 Å². The molecular formula is C13H11F2N3O2. The molecule has 2 rings (SSSR count). The number of nitrogens with one attached hydrogen (secondary N) is 1. The summed E-state index contributed by atoms with van der Waals surface area (Å²) in [5, 5.41) is 13.5. The van der Waals surface area contributed by atoms with Gasteiger partial charge in [0, 0.05) is 12.6 Å². The molecule has 0 saturated heterocycles. The van der Waals surface area contributed by atoms with Crippen LogP contribution in [0, 0.1) is 28.7 Å². The van der Waals surface area contributed by atoms with Crippen LogP contribution in [0.1, 0.15) is 11.3 Å². The third-order valence-electron chi connectivity index (χ3n) is 2.71. The minimum Gasteiger partial charge on any atom is -0.366 e. The van der Waals surface area contributed by atoms with Crippen LogP contribution in [0.4, 0.5) is 20.3 Å². The average Bonchev–Trinajstić information content (AvgIpc) is 2.40. The minimum atomic E-state index is -0.919. The molecule has 1 heterocycles. The molecule has 0 unspecified atom stereocenters. The van der Waals surface area contributed by atoms with Gasteiger partial charge in [-0.2, -0.15) is 0 Å². The van der Waals surface area contributed by atoms with Crippen molar-refractivity contribution in [1.29, 1.82) is 0 Å². The highest BCUT2D eigenvalue weighted by Crippen LogP contribution is 2.18. The quantitative estimate of drug-likeness (QED) is 0.689. The molecule has 0 saturated carbocycles. The van der Waals surface area contributed by atoms with Crippen molar-refractivity contribution in [3.63, 3.8) is 0 Å². The van der Waals surface area contributed by atoms with Gasteiger partial charge in [-0.05, 0) is 30.7 Å². The molecular weight excluding hydrogens is 268 g/mol. The van der Waals surface area contributed by atoms with Gasteiger partial charge in [0.25, 0.3) is 5.69 Å². The Hall–Kier alpha value is -2.57. The van der Waals surface area contributed by atoms with Crippen molar-refractivity contribution in [2.75, 3.05) is 5.32 Å². The van der Waals surface area contributed by atoms with Crippen LogP contribution in [0.3, 0.4) is 0 Å². The number of aryl methyl sites for hydroxylation is 1. The zero-order valence-corrected chi connectivity index (χ0v) is 10.6. The average molecular weight is 279 g/mol. The number of hydrogen-bond acceptors (Lipinski definition) is 4. The van der Waals surface area contributed by atoms with E-state index in [0.717, 1.165) is 12.1 Å². The molecule has 2 aromatic rings. The van der Waals surface area contributed by atoms with Crippen LogP contribution in [0.25, 0.3) is 0 Å². The lowest BCUT2D eigenvalue weighted by atomic mass is 10.2. The van der Waals surface area contributed by atoms with Gasteiger partial charge in [-0.3, -0.25) is 10.1 Å². The van der Waals surface area contributed by atoms with E-state index in [1.807, 2.05) is 0 Å². The number of benzene rings is 1. The van der Waals surface area contributed by atoms with Crippen molar-refractivity contribution in [2.45, 2.75) is 13.5 Å². The highest BCUT2D eigenvalue weighted by atomic mass is 19.2. The molecule has 0 spiro atoms. The Labute approximate surface area is 113 Å². The number of halogens is 2. The van der Waals surface area contributed by atoms with Crippen molar-refractivity contribution >= 4 is 11.5 Å². The van der Waals surface area contributed by atoms with Gasteiger partial charge in [0.15, 0.2) is 11.6 Å². The van der Waals surface area contributed by atoms with Crippen LogP contribution in [-0.2, 0) is 6.54 Å². The van der Waals surface area contributed by atoms with E-state index in [-0.39, 0.29) is 17.9 Å². The van der Waals surface area contributed by atoms with E-state index in [2.05, 4.69) is 10.3 Å². The molecule has 20 heavy (non-hydrogen) atoms. The van der Waals surface area contributed by atoms with Crippen molar-refractivity contribution in [3.05, 3.63) is 63.3 Å². The van der Waals surface area contributed by atoms with Gasteiger partial charge >= 0.3 is 0 Å². The fourth-order valence-electron chi connectivity index (χ4n) is 1.69. The lowest BCUT2D eigenvalue weighted by Crippen LogP contribution is -2.04. The van der Waals surface area contributed by atoms with Gasteiger partial charge in [0.2, 0.25) is 0 Å². The first kappa shape index (κ1) is 13.9. The second kappa shape index (κ2) is 5.60. The van der Waals surface area contributed by atoms with E-state index in [9.17, 15) is 18.9 Å². The second-order valence-corrected chi connectivity index (χ2v) is 4.16. The van der Waals surface area contributed by atoms with Gasteiger partial charge < -0.3 is 5.32 Å². The predicted molar refractivity (Wildman–Crippen MR) is 69.3 cm³/mol. The third-order valence-corrected chi connectivity index (χ3v) is 2.71. The number of anilines is 1. The second-order valence-electron chi connectivity index (χ2n) is 4.16. The maximum Gasteiger partial charge on any atom is 0.290 e. The summed E-state index contributed by atoms with van der Waals surface area (Å²) >= 11 is 0. The van der Waals surface area contributed by atoms with E-state index in [1.54, 1.807) is 0 Å². The summed E-state index contributed by atoms with van der Waals surface area (Å²) in [6.45, 7) is 1.77. The van der Waals surface area contributed by atoms with Crippen LogP contribution in [0.5, 0.6) is 0 Å². The summed E-state index contributed by atoms with van der Waals surface area (Å²) in [5.41, 5.74) is 0.760. The van der Waals surface area contributed by atoms with Crippen LogP contribution < -0.4 is 5.32 Å². The molecule has 104 valence electrons. The van der Waals surface area contributed by atoms with Gasteiger partial charge in [-0.25, -0.2) is 13.8 Å². The molecule has 0 bridgehead atoms. The Morgan fingerprint density at radius 1 is 1.25 bits per heavy atom. The standard InChI is InChI=1S/C13H11F2N3O2/c1-8-12(18(19)20)4-5-13(17-8)16-7-9-2-3-10(14)11(15)6-9/h2-6H,7H2,1H3,(H,16,17). The van der Waals surface area contributed by atoms with Crippen molar-refractivity contribution < 1.29 is 13.7 Å². The molecule has 7 heteroatoms. The molecule has 0 atom stereocenters. The fraction of sp³-hybridized carbons (Fsp3) is 0.154. The molecule has 1 aromatic carbocycles. The number of aromatic nitrogens is 1. The Bertz CT molecular complexity index is 662. The molecule has 1 N–H and O–H groups in total.